The van der Waals surface area contributed by atoms with E-state index in [1.54, 1.807) is 0 Å². The number of anilines is 1. The molecule has 80 valence electrons. The van der Waals surface area contributed by atoms with Gasteiger partial charge in [0, 0.05) is 11.7 Å². The van der Waals surface area contributed by atoms with Crippen molar-refractivity contribution in [1.82, 2.24) is 5.32 Å². The lowest BCUT2D eigenvalue weighted by molar-refractivity contribution is -0.121. The topological polar surface area (TPSA) is 55.1 Å². The first kappa shape index (κ1) is 10.0. The monoisotopic (exact) mass is 204 g/mol. The van der Waals surface area contributed by atoms with Crippen molar-refractivity contribution >= 4 is 11.6 Å². The predicted octanol–water partition coefficient (Wildman–Crippen LogP) is 1.48. The third kappa shape index (κ3) is 2.49. The van der Waals surface area contributed by atoms with E-state index in [9.17, 15) is 4.79 Å². The Kier molecular flexibility index (Phi) is 2.90. The van der Waals surface area contributed by atoms with Gasteiger partial charge in [-0.15, -0.1) is 0 Å². The average molecular weight is 204 g/mol. The quantitative estimate of drug-likeness (QED) is 0.733. The number of nitrogen functional groups attached to an aromatic ring is 1. The van der Waals surface area contributed by atoms with Crippen LogP contribution in [0.15, 0.2) is 24.3 Å². The van der Waals surface area contributed by atoms with Crippen LogP contribution in [0.25, 0.3) is 0 Å². The van der Waals surface area contributed by atoms with Gasteiger partial charge in [0.15, 0.2) is 0 Å². The Balaban J connectivity index is 1.90. The maximum absolute atomic E-state index is 11.6. The number of nitrogens with two attached hydrogens (primary N) is 1. The molecule has 1 aliphatic rings. The summed E-state index contributed by atoms with van der Waals surface area (Å²) in [6.07, 6.45) is 3.87. The van der Waals surface area contributed by atoms with E-state index in [1.165, 1.54) is 6.42 Å². The largest absolute Gasteiger partial charge is 0.398 e. The molecule has 3 nitrogen and oxygen atoms in total. The number of nitrogens with one attached hydrogen (secondary N) is 1. The second-order valence-electron chi connectivity index (χ2n) is 4.07. The molecule has 0 radical (unpaired) electrons. The zero-order valence-corrected chi connectivity index (χ0v) is 8.70. The van der Waals surface area contributed by atoms with Gasteiger partial charge in [0.1, 0.15) is 0 Å². The van der Waals surface area contributed by atoms with Crippen LogP contribution >= 0.6 is 0 Å². The molecule has 0 saturated heterocycles. The molecule has 1 aromatic rings. The van der Waals surface area contributed by atoms with Gasteiger partial charge in [-0.05, 0) is 30.9 Å². The van der Waals surface area contributed by atoms with E-state index >= 15 is 0 Å². The van der Waals surface area contributed by atoms with Crippen LogP contribution in [0.3, 0.4) is 0 Å². The highest BCUT2D eigenvalue weighted by Crippen LogP contribution is 2.18. The SMILES string of the molecule is Nc1ccccc1CC(=O)NC1CCC1. The van der Waals surface area contributed by atoms with Gasteiger partial charge in [0.05, 0.1) is 6.42 Å². The van der Waals surface area contributed by atoms with Crippen LogP contribution in [0.1, 0.15) is 24.8 Å². The van der Waals surface area contributed by atoms with Crippen molar-refractivity contribution in [1.29, 1.82) is 0 Å². The molecule has 15 heavy (non-hydrogen) atoms. The lowest BCUT2D eigenvalue weighted by atomic mass is 9.93. The Labute approximate surface area is 89.7 Å². The second kappa shape index (κ2) is 4.34. The van der Waals surface area contributed by atoms with Gasteiger partial charge >= 0.3 is 0 Å². The van der Waals surface area contributed by atoms with E-state index in [4.69, 9.17) is 5.73 Å². The van der Waals surface area contributed by atoms with Crippen LogP contribution in [0.4, 0.5) is 5.69 Å². The molecule has 3 heteroatoms. The molecule has 2 rings (SSSR count). The van der Waals surface area contributed by atoms with E-state index in [0.29, 0.717) is 18.2 Å². The second-order valence-corrected chi connectivity index (χ2v) is 4.07. The molecule has 0 atom stereocenters. The lowest BCUT2D eigenvalue weighted by Crippen LogP contribution is -2.40. The summed E-state index contributed by atoms with van der Waals surface area (Å²) < 4.78 is 0. The fourth-order valence-electron chi connectivity index (χ4n) is 1.70. The molecular formula is C12H16N2O. The molecule has 3 N–H and O–H groups in total. The van der Waals surface area contributed by atoms with E-state index in [1.807, 2.05) is 24.3 Å². The standard InChI is InChI=1S/C12H16N2O/c13-11-7-2-1-4-9(11)8-12(15)14-10-5-3-6-10/h1-2,4,7,10H,3,5-6,8,13H2,(H,14,15). The first-order valence-electron chi connectivity index (χ1n) is 5.38. The predicted molar refractivity (Wildman–Crippen MR) is 60.3 cm³/mol. The van der Waals surface area contributed by atoms with E-state index in [0.717, 1.165) is 18.4 Å². The fraction of sp³-hybridized carbons (Fsp3) is 0.417. The van der Waals surface area contributed by atoms with Gasteiger partial charge in [-0.25, -0.2) is 0 Å². The molecule has 1 aromatic carbocycles. The third-order valence-electron chi connectivity index (χ3n) is 2.88. The van der Waals surface area contributed by atoms with Gasteiger partial charge in [-0.3, -0.25) is 4.79 Å². The Morgan fingerprint density at radius 1 is 1.40 bits per heavy atom. The van der Waals surface area contributed by atoms with Crippen molar-refractivity contribution < 1.29 is 4.79 Å². The van der Waals surface area contributed by atoms with Crippen LogP contribution in [0.2, 0.25) is 0 Å². The van der Waals surface area contributed by atoms with Crippen LogP contribution in [0.5, 0.6) is 0 Å². The molecule has 1 saturated carbocycles. The average Bonchev–Trinajstić information content (AvgIpc) is 2.16. The number of para-hydroxylation sites is 1. The Bertz CT molecular complexity index is 358. The van der Waals surface area contributed by atoms with E-state index in [2.05, 4.69) is 5.32 Å². The summed E-state index contributed by atoms with van der Waals surface area (Å²) in [5.74, 6) is 0.0811. The fourth-order valence-corrected chi connectivity index (χ4v) is 1.70. The van der Waals surface area contributed by atoms with Crippen molar-refractivity contribution in [2.24, 2.45) is 0 Å². The smallest absolute Gasteiger partial charge is 0.224 e. The van der Waals surface area contributed by atoms with Gasteiger partial charge < -0.3 is 11.1 Å². The molecule has 0 heterocycles. The number of amides is 1. The van der Waals surface area contributed by atoms with Crippen molar-refractivity contribution in [2.45, 2.75) is 31.7 Å². The molecule has 0 unspecified atom stereocenters. The molecule has 0 aliphatic heterocycles. The van der Waals surface area contributed by atoms with E-state index in [-0.39, 0.29) is 5.91 Å². The normalized spacial score (nSPS) is 15.7. The zero-order valence-electron chi connectivity index (χ0n) is 8.70. The number of carbonyl (C=O) groups is 1. The molecule has 0 bridgehead atoms. The number of hydrogen-bond donors (Lipinski definition) is 2. The van der Waals surface area contributed by atoms with Crippen LogP contribution in [-0.4, -0.2) is 11.9 Å². The summed E-state index contributed by atoms with van der Waals surface area (Å²) in [7, 11) is 0. The molecule has 0 spiro atoms. The Morgan fingerprint density at radius 2 is 2.13 bits per heavy atom. The Morgan fingerprint density at radius 3 is 2.73 bits per heavy atom. The van der Waals surface area contributed by atoms with Crippen LogP contribution in [0, 0.1) is 0 Å². The third-order valence-corrected chi connectivity index (χ3v) is 2.88. The maximum Gasteiger partial charge on any atom is 0.224 e. The van der Waals surface area contributed by atoms with Crippen molar-refractivity contribution in [3.8, 4) is 0 Å². The lowest BCUT2D eigenvalue weighted by Gasteiger charge is -2.26. The minimum atomic E-state index is 0.0811. The highest BCUT2D eigenvalue weighted by Gasteiger charge is 2.19. The summed E-state index contributed by atoms with van der Waals surface area (Å²) in [6.45, 7) is 0. The first-order chi connectivity index (χ1) is 7.25. The van der Waals surface area contributed by atoms with Crippen molar-refractivity contribution in [2.75, 3.05) is 5.73 Å². The van der Waals surface area contributed by atoms with Crippen molar-refractivity contribution in [3.63, 3.8) is 0 Å². The van der Waals surface area contributed by atoms with Gasteiger partial charge in [0.2, 0.25) is 5.91 Å². The summed E-state index contributed by atoms with van der Waals surface area (Å²) in [5, 5.41) is 3.00. The number of hydrogen-bond acceptors (Lipinski definition) is 2. The summed E-state index contributed by atoms with van der Waals surface area (Å²) in [5.41, 5.74) is 7.37. The zero-order chi connectivity index (χ0) is 10.7. The summed E-state index contributed by atoms with van der Waals surface area (Å²) >= 11 is 0. The summed E-state index contributed by atoms with van der Waals surface area (Å²) in [4.78, 5) is 11.6. The van der Waals surface area contributed by atoms with Crippen LogP contribution in [-0.2, 0) is 11.2 Å². The van der Waals surface area contributed by atoms with Crippen molar-refractivity contribution in [3.05, 3.63) is 29.8 Å². The number of carbonyl (C=O) groups excluding carboxylic acids is 1. The highest BCUT2D eigenvalue weighted by atomic mass is 16.1. The molecule has 0 aromatic heterocycles. The minimum Gasteiger partial charge on any atom is -0.398 e. The minimum absolute atomic E-state index is 0.0811. The number of benzene rings is 1. The summed E-state index contributed by atoms with van der Waals surface area (Å²) in [6, 6.07) is 7.91. The Hall–Kier alpha value is -1.51. The highest BCUT2D eigenvalue weighted by molar-refractivity contribution is 5.80. The van der Waals surface area contributed by atoms with Gasteiger partial charge in [0.25, 0.3) is 0 Å². The molecular weight excluding hydrogens is 188 g/mol. The first-order valence-corrected chi connectivity index (χ1v) is 5.38. The maximum atomic E-state index is 11.6. The van der Waals surface area contributed by atoms with Gasteiger partial charge in [-0.2, -0.15) is 0 Å². The van der Waals surface area contributed by atoms with Crippen LogP contribution < -0.4 is 11.1 Å². The molecule has 1 aliphatic carbocycles. The number of rotatable bonds is 3. The molecule has 1 fully saturated rings. The molecule has 1 amide bonds. The van der Waals surface area contributed by atoms with Gasteiger partial charge in [-0.1, -0.05) is 18.2 Å². The van der Waals surface area contributed by atoms with E-state index < -0.39 is 0 Å².